The molecule has 0 radical (unpaired) electrons. The van der Waals surface area contributed by atoms with Crippen LogP contribution < -0.4 is 20.1 Å². The molecule has 2 aromatic rings. The normalized spacial score (nSPS) is 11.7. The van der Waals surface area contributed by atoms with Crippen LogP contribution in [-0.4, -0.2) is 26.7 Å². The highest BCUT2D eigenvalue weighted by Crippen LogP contribution is 2.28. The molecule has 0 aliphatic carbocycles. The zero-order valence-electron chi connectivity index (χ0n) is 14.2. The zero-order valence-corrected chi connectivity index (χ0v) is 14.2. The first-order valence-corrected chi connectivity index (χ1v) is 7.64. The van der Waals surface area contributed by atoms with Crippen molar-refractivity contribution >= 4 is 11.6 Å². The van der Waals surface area contributed by atoms with Crippen molar-refractivity contribution in [2.75, 3.05) is 26.1 Å². The van der Waals surface area contributed by atoms with Gasteiger partial charge in [-0.15, -0.1) is 0 Å². The van der Waals surface area contributed by atoms with Crippen molar-refractivity contribution in [1.82, 2.24) is 5.32 Å². The molecule has 0 saturated carbocycles. The van der Waals surface area contributed by atoms with Crippen molar-refractivity contribution in [3.63, 3.8) is 0 Å². The molecule has 1 amide bonds. The number of carbonyl (C=O) groups is 1. The fourth-order valence-corrected chi connectivity index (χ4v) is 2.24. The third kappa shape index (κ3) is 4.90. The number of ether oxygens (including phenoxy) is 2. The van der Waals surface area contributed by atoms with Crippen molar-refractivity contribution in [2.24, 2.45) is 0 Å². The molecule has 2 rings (SSSR count). The molecule has 0 saturated heterocycles. The van der Waals surface area contributed by atoms with Crippen molar-refractivity contribution in [3.05, 3.63) is 53.6 Å². The first-order chi connectivity index (χ1) is 11.9. The number of halogens is 2. The zero-order chi connectivity index (χ0) is 18.4. The van der Waals surface area contributed by atoms with Crippen LogP contribution in [0.5, 0.6) is 11.5 Å². The maximum Gasteiger partial charge on any atom is 0.238 e. The molecule has 2 N–H and O–H groups in total. The van der Waals surface area contributed by atoms with Crippen LogP contribution in [-0.2, 0) is 4.79 Å². The number of methoxy groups -OCH3 is 2. The summed E-state index contributed by atoms with van der Waals surface area (Å²) in [5.74, 6) is -1.03. The number of carbonyl (C=O) groups excluding carboxylic acids is 1. The molecular weight excluding hydrogens is 330 g/mol. The molecule has 25 heavy (non-hydrogen) atoms. The van der Waals surface area contributed by atoms with E-state index in [2.05, 4.69) is 10.6 Å². The smallest absolute Gasteiger partial charge is 0.238 e. The second-order valence-electron chi connectivity index (χ2n) is 5.39. The maximum atomic E-state index is 13.3. The molecular formula is C18H20F2N2O3. The van der Waals surface area contributed by atoms with Gasteiger partial charge in [-0.3, -0.25) is 4.79 Å². The Bertz CT molecular complexity index is 753. The highest BCUT2D eigenvalue weighted by Gasteiger charge is 2.12. The van der Waals surface area contributed by atoms with Gasteiger partial charge < -0.3 is 20.1 Å². The van der Waals surface area contributed by atoms with Crippen LogP contribution in [0.25, 0.3) is 0 Å². The lowest BCUT2D eigenvalue weighted by atomic mass is 10.1. The van der Waals surface area contributed by atoms with Crippen LogP contribution >= 0.6 is 0 Å². The summed E-state index contributed by atoms with van der Waals surface area (Å²) in [6, 6.07) is 8.36. The quantitative estimate of drug-likeness (QED) is 0.805. The fourth-order valence-electron chi connectivity index (χ4n) is 2.24. The third-order valence-corrected chi connectivity index (χ3v) is 3.70. The lowest BCUT2D eigenvalue weighted by Crippen LogP contribution is -2.30. The Balaban J connectivity index is 1.95. The van der Waals surface area contributed by atoms with Crippen molar-refractivity contribution in [3.8, 4) is 11.5 Å². The minimum Gasteiger partial charge on any atom is -0.497 e. The molecule has 7 heteroatoms. The molecule has 0 heterocycles. The number of amides is 1. The van der Waals surface area contributed by atoms with Gasteiger partial charge in [0, 0.05) is 12.1 Å². The van der Waals surface area contributed by atoms with Crippen LogP contribution in [0.2, 0.25) is 0 Å². The number of hydrogen-bond donors (Lipinski definition) is 2. The Morgan fingerprint density at radius 3 is 2.48 bits per heavy atom. The van der Waals surface area contributed by atoms with E-state index in [4.69, 9.17) is 9.47 Å². The Morgan fingerprint density at radius 1 is 1.08 bits per heavy atom. The van der Waals surface area contributed by atoms with Gasteiger partial charge in [-0.2, -0.15) is 0 Å². The molecule has 1 atom stereocenters. The summed E-state index contributed by atoms with van der Waals surface area (Å²) in [6.07, 6.45) is 0. The average Bonchev–Trinajstić information content (AvgIpc) is 2.62. The maximum absolute atomic E-state index is 13.3. The van der Waals surface area contributed by atoms with Crippen LogP contribution in [0, 0.1) is 11.6 Å². The molecule has 134 valence electrons. The molecule has 0 fully saturated rings. The molecule has 0 aliphatic rings. The Kier molecular flexibility index (Phi) is 6.30. The largest absolute Gasteiger partial charge is 0.497 e. The second-order valence-corrected chi connectivity index (χ2v) is 5.39. The van der Waals surface area contributed by atoms with Crippen molar-refractivity contribution in [2.45, 2.75) is 13.0 Å². The molecule has 5 nitrogen and oxygen atoms in total. The average molecular weight is 350 g/mol. The van der Waals surface area contributed by atoms with E-state index in [9.17, 15) is 13.6 Å². The van der Waals surface area contributed by atoms with Gasteiger partial charge in [0.25, 0.3) is 0 Å². The molecule has 0 aromatic heterocycles. The highest BCUT2D eigenvalue weighted by atomic mass is 19.2. The molecule has 0 unspecified atom stereocenters. The van der Waals surface area contributed by atoms with E-state index in [-0.39, 0.29) is 18.5 Å². The van der Waals surface area contributed by atoms with E-state index >= 15 is 0 Å². The van der Waals surface area contributed by atoms with Gasteiger partial charge in [0.2, 0.25) is 5.91 Å². The number of benzene rings is 2. The van der Waals surface area contributed by atoms with E-state index in [1.165, 1.54) is 20.3 Å². The first-order valence-electron chi connectivity index (χ1n) is 7.64. The molecule has 0 spiro atoms. The molecule has 0 bridgehead atoms. The van der Waals surface area contributed by atoms with Gasteiger partial charge in [-0.25, -0.2) is 8.78 Å². The van der Waals surface area contributed by atoms with E-state index in [1.54, 1.807) is 25.1 Å². The summed E-state index contributed by atoms with van der Waals surface area (Å²) in [5, 5.41) is 5.68. The highest BCUT2D eigenvalue weighted by molar-refractivity contribution is 5.93. The minimum absolute atomic E-state index is 0.00462. The Morgan fingerprint density at radius 2 is 1.84 bits per heavy atom. The Labute approximate surface area is 144 Å². The van der Waals surface area contributed by atoms with E-state index < -0.39 is 11.6 Å². The fraction of sp³-hybridized carbons (Fsp3) is 0.278. The van der Waals surface area contributed by atoms with E-state index in [0.717, 1.165) is 12.1 Å². The summed E-state index contributed by atoms with van der Waals surface area (Å²) >= 11 is 0. The van der Waals surface area contributed by atoms with Crippen LogP contribution in [0.4, 0.5) is 14.5 Å². The summed E-state index contributed by atoms with van der Waals surface area (Å²) in [4.78, 5) is 12.1. The van der Waals surface area contributed by atoms with Gasteiger partial charge in [0.15, 0.2) is 11.6 Å². The summed E-state index contributed by atoms with van der Waals surface area (Å²) in [6.45, 7) is 1.75. The summed E-state index contributed by atoms with van der Waals surface area (Å²) in [7, 11) is 3.03. The summed E-state index contributed by atoms with van der Waals surface area (Å²) in [5.41, 5.74) is 1.06. The predicted octanol–water partition coefficient (Wildman–Crippen LogP) is 3.27. The lowest BCUT2D eigenvalue weighted by molar-refractivity contribution is -0.115. The number of hydrogen-bond acceptors (Lipinski definition) is 4. The van der Waals surface area contributed by atoms with Crippen LogP contribution in [0.1, 0.15) is 18.5 Å². The van der Waals surface area contributed by atoms with Gasteiger partial charge >= 0.3 is 0 Å². The van der Waals surface area contributed by atoms with Gasteiger partial charge in [0.1, 0.15) is 11.5 Å². The van der Waals surface area contributed by atoms with Gasteiger partial charge in [0.05, 0.1) is 26.5 Å². The SMILES string of the molecule is COc1ccc(NC(=O)CN[C@H](C)c2ccc(F)c(F)c2)c(OC)c1. The standard InChI is InChI=1S/C18H20F2N2O3/c1-11(12-4-6-14(19)15(20)8-12)21-10-18(23)22-16-7-5-13(24-2)9-17(16)25-3/h4-9,11,21H,10H2,1-3H3,(H,22,23)/t11-/m1/s1. The van der Waals surface area contributed by atoms with E-state index in [0.29, 0.717) is 22.7 Å². The van der Waals surface area contributed by atoms with Gasteiger partial charge in [-0.1, -0.05) is 6.07 Å². The lowest BCUT2D eigenvalue weighted by Gasteiger charge is -2.15. The molecule has 2 aromatic carbocycles. The monoisotopic (exact) mass is 350 g/mol. The topological polar surface area (TPSA) is 59.6 Å². The minimum atomic E-state index is -0.918. The summed E-state index contributed by atoms with van der Waals surface area (Å²) < 4.78 is 36.5. The second kappa shape index (κ2) is 8.43. The van der Waals surface area contributed by atoms with Crippen LogP contribution in [0.3, 0.4) is 0 Å². The number of nitrogens with one attached hydrogen (secondary N) is 2. The molecule has 0 aliphatic heterocycles. The number of rotatable bonds is 7. The van der Waals surface area contributed by atoms with Crippen LogP contribution in [0.15, 0.2) is 36.4 Å². The first kappa shape index (κ1) is 18.7. The number of anilines is 1. The van der Waals surface area contributed by atoms with Crippen molar-refractivity contribution < 1.29 is 23.0 Å². The van der Waals surface area contributed by atoms with E-state index in [1.807, 2.05) is 0 Å². The van der Waals surface area contributed by atoms with Crippen molar-refractivity contribution in [1.29, 1.82) is 0 Å². The van der Waals surface area contributed by atoms with Gasteiger partial charge in [-0.05, 0) is 36.8 Å². The third-order valence-electron chi connectivity index (χ3n) is 3.70. The Hall–Kier alpha value is -2.67. The predicted molar refractivity (Wildman–Crippen MR) is 91.0 cm³/mol.